The molecule has 0 unspecified atom stereocenters. The normalized spacial score (nSPS) is 9.89. The van der Waals surface area contributed by atoms with Crippen LogP contribution in [0.1, 0.15) is 66.2 Å². The van der Waals surface area contributed by atoms with Gasteiger partial charge in [-0.25, -0.2) is 9.59 Å². The van der Waals surface area contributed by atoms with Crippen LogP contribution in [0.15, 0.2) is 48.5 Å². The predicted octanol–water partition coefficient (Wildman–Crippen LogP) is 5.21. The third kappa shape index (κ3) is 8.58. The van der Waals surface area contributed by atoms with E-state index in [0.717, 1.165) is 12.8 Å². The average molecular weight is 388 g/mol. The number of carboxylic acids is 2. The third-order valence-electron chi connectivity index (χ3n) is 4.01. The maximum Gasteiger partial charge on any atom is 0.339 e. The lowest BCUT2D eigenvalue weighted by Gasteiger charge is -2.08. The number of aromatic carboxylic acids is 2. The molecule has 0 atom stereocenters. The van der Waals surface area contributed by atoms with Crippen molar-refractivity contribution in [3.63, 3.8) is 0 Å². The first-order chi connectivity index (χ1) is 13.5. The molecule has 2 rings (SSSR count). The topological polar surface area (TPSA) is 104 Å². The first kappa shape index (κ1) is 23.0. The van der Waals surface area contributed by atoms with Crippen molar-refractivity contribution in [2.75, 3.05) is 6.61 Å². The second kappa shape index (κ2) is 13.2. The number of unbranched alkanes of at least 4 members (excludes halogenated alkanes) is 5. The molecule has 0 amide bonds. The molecular weight excluding hydrogens is 360 g/mol. The van der Waals surface area contributed by atoms with Gasteiger partial charge in [0.05, 0.1) is 6.61 Å². The lowest BCUT2D eigenvalue weighted by Crippen LogP contribution is -2.04. The molecule has 6 heteroatoms. The van der Waals surface area contributed by atoms with Crippen molar-refractivity contribution in [1.29, 1.82) is 0 Å². The number of para-hydroxylation sites is 2. The molecule has 28 heavy (non-hydrogen) atoms. The molecule has 0 heterocycles. The maximum absolute atomic E-state index is 10.9. The van der Waals surface area contributed by atoms with Crippen molar-refractivity contribution in [2.24, 2.45) is 0 Å². The van der Waals surface area contributed by atoms with Crippen LogP contribution < -0.4 is 4.74 Å². The fourth-order valence-corrected chi connectivity index (χ4v) is 2.49. The number of phenols is 1. The summed E-state index contributed by atoms with van der Waals surface area (Å²) in [7, 11) is 0. The highest BCUT2D eigenvalue weighted by atomic mass is 16.5. The van der Waals surface area contributed by atoms with Gasteiger partial charge in [0.1, 0.15) is 22.6 Å². The van der Waals surface area contributed by atoms with E-state index in [1.807, 2.05) is 0 Å². The van der Waals surface area contributed by atoms with Crippen LogP contribution in [0.5, 0.6) is 11.5 Å². The quantitative estimate of drug-likeness (QED) is 0.482. The van der Waals surface area contributed by atoms with E-state index in [0.29, 0.717) is 12.4 Å². The van der Waals surface area contributed by atoms with E-state index in [4.69, 9.17) is 20.1 Å². The van der Waals surface area contributed by atoms with Crippen LogP contribution in [-0.2, 0) is 0 Å². The number of carboxylic acid groups (broad SMARTS) is 2. The summed E-state index contributed by atoms with van der Waals surface area (Å²) >= 11 is 0. The number of ether oxygens (including phenoxy) is 1. The monoisotopic (exact) mass is 388 g/mol. The minimum absolute atomic E-state index is 0.0671. The Kier molecular flexibility index (Phi) is 10.8. The van der Waals surface area contributed by atoms with Crippen molar-refractivity contribution < 1.29 is 29.6 Å². The Morgan fingerprint density at radius 1 is 0.786 bits per heavy atom. The van der Waals surface area contributed by atoms with Crippen molar-refractivity contribution in [3.05, 3.63) is 59.7 Å². The molecule has 0 spiro atoms. The van der Waals surface area contributed by atoms with Crippen molar-refractivity contribution >= 4 is 11.9 Å². The van der Waals surface area contributed by atoms with Gasteiger partial charge in [-0.05, 0) is 30.7 Å². The van der Waals surface area contributed by atoms with Gasteiger partial charge >= 0.3 is 11.9 Å². The average Bonchev–Trinajstić information content (AvgIpc) is 2.68. The minimum Gasteiger partial charge on any atom is -0.507 e. The zero-order valence-electron chi connectivity index (χ0n) is 16.1. The van der Waals surface area contributed by atoms with Gasteiger partial charge in [0.15, 0.2) is 0 Å². The fraction of sp³-hybridized carbons (Fsp3) is 0.364. The Bertz CT molecular complexity index is 741. The minimum atomic E-state index is -1.11. The molecule has 2 aromatic rings. The number of rotatable bonds is 10. The lowest BCUT2D eigenvalue weighted by molar-refractivity contribution is 0.0681. The molecule has 2 aromatic carbocycles. The first-order valence-corrected chi connectivity index (χ1v) is 9.43. The van der Waals surface area contributed by atoms with Crippen molar-refractivity contribution in [3.8, 4) is 11.5 Å². The highest BCUT2D eigenvalue weighted by molar-refractivity contribution is 5.91. The maximum atomic E-state index is 10.9. The first-order valence-electron chi connectivity index (χ1n) is 9.43. The van der Waals surface area contributed by atoms with Crippen LogP contribution in [0, 0.1) is 0 Å². The lowest BCUT2D eigenvalue weighted by atomic mass is 10.1. The van der Waals surface area contributed by atoms with Gasteiger partial charge in [-0.2, -0.15) is 0 Å². The van der Waals surface area contributed by atoms with Crippen molar-refractivity contribution in [1.82, 2.24) is 0 Å². The number of aromatic hydroxyl groups is 1. The number of carbonyl (C=O) groups is 2. The summed E-state index contributed by atoms with van der Waals surface area (Å²) in [4.78, 5) is 21.2. The molecule has 0 radical (unpaired) electrons. The van der Waals surface area contributed by atoms with Gasteiger partial charge in [0.2, 0.25) is 0 Å². The van der Waals surface area contributed by atoms with E-state index < -0.39 is 11.9 Å². The van der Waals surface area contributed by atoms with E-state index in [2.05, 4.69) is 6.92 Å². The van der Waals surface area contributed by atoms with E-state index in [1.54, 1.807) is 36.4 Å². The molecule has 3 N–H and O–H groups in total. The number of hydrogen-bond donors (Lipinski definition) is 3. The second-order valence-electron chi connectivity index (χ2n) is 6.24. The van der Waals surface area contributed by atoms with Crippen LogP contribution in [0.3, 0.4) is 0 Å². The largest absolute Gasteiger partial charge is 0.507 e. The Balaban J connectivity index is 0.000000330. The summed E-state index contributed by atoms with van der Waals surface area (Å²) in [6.07, 6.45) is 7.19. The van der Waals surface area contributed by atoms with E-state index in [-0.39, 0.29) is 16.9 Å². The summed E-state index contributed by atoms with van der Waals surface area (Å²) in [5.41, 5.74) is 0.172. The molecule has 0 aromatic heterocycles. The summed E-state index contributed by atoms with van der Waals surface area (Å²) in [6, 6.07) is 12.6. The molecule has 0 aliphatic carbocycles. The highest BCUT2D eigenvalue weighted by Crippen LogP contribution is 2.18. The van der Waals surface area contributed by atoms with E-state index in [9.17, 15) is 9.59 Å². The highest BCUT2D eigenvalue weighted by Gasteiger charge is 2.09. The summed E-state index contributed by atoms with van der Waals surface area (Å²) in [6.45, 7) is 2.79. The summed E-state index contributed by atoms with van der Waals surface area (Å²) in [5, 5.41) is 26.3. The van der Waals surface area contributed by atoms with Crippen LogP contribution in [-0.4, -0.2) is 33.9 Å². The van der Waals surface area contributed by atoms with Crippen LogP contribution in [0.4, 0.5) is 0 Å². The van der Waals surface area contributed by atoms with Gasteiger partial charge in [-0.1, -0.05) is 63.3 Å². The molecule has 0 aliphatic rings. The Labute approximate surface area is 165 Å². The van der Waals surface area contributed by atoms with Gasteiger partial charge in [0, 0.05) is 0 Å². The Morgan fingerprint density at radius 3 is 1.89 bits per heavy atom. The summed E-state index contributed by atoms with van der Waals surface area (Å²) < 4.78 is 5.52. The molecule has 6 nitrogen and oxygen atoms in total. The molecule has 0 aliphatic heterocycles. The molecule has 0 bridgehead atoms. The zero-order valence-corrected chi connectivity index (χ0v) is 16.1. The predicted molar refractivity (Wildman–Crippen MR) is 107 cm³/mol. The van der Waals surface area contributed by atoms with Crippen LogP contribution >= 0.6 is 0 Å². The van der Waals surface area contributed by atoms with Crippen LogP contribution in [0.25, 0.3) is 0 Å². The standard InChI is InChI=1S/C15H22O3.C7H6O3/c1-2-3-4-5-6-9-12-18-14-11-8-7-10-13(14)15(16)17;8-6-4-2-1-3-5(6)7(9)10/h7-8,10-11H,2-6,9,12H2,1H3,(H,16,17);1-4,8H,(H,9,10). The third-order valence-corrected chi connectivity index (χ3v) is 4.01. The van der Waals surface area contributed by atoms with Gasteiger partial charge < -0.3 is 20.1 Å². The van der Waals surface area contributed by atoms with E-state index in [1.165, 1.54) is 37.8 Å². The summed E-state index contributed by atoms with van der Waals surface area (Å²) in [5.74, 6) is -1.78. The van der Waals surface area contributed by atoms with Gasteiger partial charge in [-0.15, -0.1) is 0 Å². The van der Waals surface area contributed by atoms with Crippen LogP contribution in [0.2, 0.25) is 0 Å². The SMILES string of the molecule is CCCCCCCCOc1ccccc1C(=O)O.O=C(O)c1ccccc1O. The Morgan fingerprint density at radius 2 is 1.32 bits per heavy atom. The Hall–Kier alpha value is -3.02. The molecule has 0 saturated heterocycles. The molecule has 152 valence electrons. The fourth-order valence-electron chi connectivity index (χ4n) is 2.49. The molecular formula is C22H28O6. The smallest absolute Gasteiger partial charge is 0.339 e. The molecule has 0 fully saturated rings. The zero-order chi connectivity index (χ0) is 20.8. The number of hydrogen-bond acceptors (Lipinski definition) is 4. The van der Waals surface area contributed by atoms with Gasteiger partial charge in [-0.3, -0.25) is 0 Å². The van der Waals surface area contributed by atoms with E-state index >= 15 is 0 Å². The number of benzene rings is 2. The van der Waals surface area contributed by atoms with Gasteiger partial charge in [0.25, 0.3) is 0 Å². The second-order valence-corrected chi connectivity index (χ2v) is 6.24. The molecule has 0 saturated carbocycles. The van der Waals surface area contributed by atoms with Crippen molar-refractivity contribution in [2.45, 2.75) is 45.4 Å².